The number of carbonyl (C=O) groups is 1. The van der Waals surface area contributed by atoms with Gasteiger partial charge in [-0.15, -0.1) is 0 Å². The second kappa shape index (κ2) is 7.93. The second-order valence-corrected chi connectivity index (χ2v) is 6.94. The summed E-state index contributed by atoms with van der Waals surface area (Å²) in [6.45, 7) is 2.04. The highest BCUT2D eigenvalue weighted by molar-refractivity contribution is 6.31. The van der Waals surface area contributed by atoms with E-state index in [1.54, 1.807) is 24.7 Å². The zero-order valence-electron chi connectivity index (χ0n) is 15.0. The molecule has 3 aromatic rings. The molecule has 0 spiro atoms. The van der Waals surface area contributed by atoms with Crippen LogP contribution in [0.25, 0.3) is 5.95 Å². The lowest BCUT2D eigenvalue weighted by molar-refractivity contribution is -0.115. The van der Waals surface area contributed by atoms with Gasteiger partial charge in [0.1, 0.15) is 5.82 Å². The molecule has 2 aromatic heterocycles. The van der Waals surface area contributed by atoms with E-state index in [1.165, 1.54) is 35.9 Å². The Hall–Kier alpha value is -3.00. The number of anilines is 2. The number of hydrogen-bond acceptors (Lipinski definition) is 5. The molecule has 1 fully saturated rings. The summed E-state index contributed by atoms with van der Waals surface area (Å²) in [5.74, 6) is -0.498. The van der Waals surface area contributed by atoms with Crippen LogP contribution >= 0.6 is 11.6 Å². The third kappa shape index (κ3) is 3.96. The molecular formula is C19H18ClFN6O. The summed E-state index contributed by atoms with van der Waals surface area (Å²) in [5, 5.41) is 7.07. The normalized spacial score (nSPS) is 13.7. The lowest BCUT2D eigenvalue weighted by Gasteiger charge is -2.16. The third-order valence-electron chi connectivity index (χ3n) is 4.57. The van der Waals surface area contributed by atoms with Crippen molar-refractivity contribution >= 4 is 28.9 Å². The summed E-state index contributed by atoms with van der Waals surface area (Å²) in [6.07, 6.45) is 8.83. The number of hydrogen-bond donors (Lipinski definition) is 1. The summed E-state index contributed by atoms with van der Waals surface area (Å²) in [6, 6.07) is 4.32. The van der Waals surface area contributed by atoms with Crippen LogP contribution in [-0.4, -0.2) is 38.7 Å². The molecule has 3 heterocycles. The van der Waals surface area contributed by atoms with Crippen LogP contribution in [0.1, 0.15) is 18.4 Å². The van der Waals surface area contributed by atoms with Crippen LogP contribution in [0.15, 0.2) is 43.0 Å². The first-order valence-electron chi connectivity index (χ1n) is 8.95. The number of aromatic nitrogens is 4. The molecule has 7 nitrogen and oxygen atoms in total. The van der Waals surface area contributed by atoms with Crippen LogP contribution < -0.4 is 10.2 Å². The maximum absolute atomic E-state index is 13.8. The Labute approximate surface area is 166 Å². The summed E-state index contributed by atoms with van der Waals surface area (Å²) in [5.41, 5.74) is 1.61. The van der Waals surface area contributed by atoms with Crippen molar-refractivity contribution in [3.8, 4) is 5.95 Å². The van der Waals surface area contributed by atoms with E-state index in [2.05, 4.69) is 25.3 Å². The van der Waals surface area contributed by atoms with Crippen LogP contribution in [0.5, 0.6) is 0 Å². The van der Waals surface area contributed by atoms with Crippen LogP contribution in [0.4, 0.5) is 15.8 Å². The first-order valence-corrected chi connectivity index (χ1v) is 9.33. The Morgan fingerprint density at radius 1 is 1.18 bits per heavy atom. The Morgan fingerprint density at radius 3 is 2.64 bits per heavy atom. The number of nitrogens with one attached hydrogen (secondary N) is 1. The molecular weight excluding hydrogens is 383 g/mol. The van der Waals surface area contributed by atoms with Crippen LogP contribution in [-0.2, 0) is 11.2 Å². The van der Waals surface area contributed by atoms with Gasteiger partial charge < -0.3 is 10.2 Å². The van der Waals surface area contributed by atoms with Gasteiger partial charge in [-0.05, 0) is 25.0 Å². The molecule has 0 radical (unpaired) electrons. The molecule has 0 saturated carbocycles. The van der Waals surface area contributed by atoms with Gasteiger partial charge in [-0.3, -0.25) is 4.79 Å². The van der Waals surface area contributed by atoms with E-state index >= 15 is 0 Å². The predicted molar refractivity (Wildman–Crippen MR) is 104 cm³/mol. The van der Waals surface area contributed by atoms with Gasteiger partial charge in [0.2, 0.25) is 5.91 Å². The number of rotatable bonds is 5. The highest BCUT2D eigenvalue weighted by atomic mass is 35.5. The summed E-state index contributed by atoms with van der Waals surface area (Å²) in [7, 11) is 0. The first kappa shape index (κ1) is 18.4. The van der Waals surface area contributed by atoms with Gasteiger partial charge in [-0.1, -0.05) is 17.7 Å². The maximum atomic E-state index is 13.8. The Balaban J connectivity index is 1.42. The zero-order valence-corrected chi connectivity index (χ0v) is 15.7. The smallest absolute Gasteiger partial charge is 0.250 e. The highest BCUT2D eigenvalue weighted by Gasteiger charge is 2.15. The van der Waals surface area contributed by atoms with Gasteiger partial charge in [-0.25, -0.2) is 19.0 Å². The molecule has 1 aromatic carbocycles. The van der Waals surface area contributed by atoms with Crippen molar-refractivity contribution in [1.29, 1.82) is 0 Å². The molecule has 9 heteroatoms. The predicted octanol–water partition coefficient (Wildman–Crippen LogP) is 3.24. The van der Waals surface area contributed by atoms with Gasteiger partial charge in [0.05, 0.1) is 42.6 Å². The molecule has 4 rings (SSSR count). The molecule has 0 bridgehead atoms. The number of carbonyl (C=O) groups excluding carboxylic acids is 1. The van der Waals surface area contributed by atoms with Crippen molar-refractivity contribution in [3.63, 3.8) is 0 Å². The van der Waals surface area contributed by atoms with Crippen LogP contribution in [0.3, 0.4) is 0 Å². The SMILES string of the molecule is O=C(Cc1c(F)cccc1Cl)Nc1cnn(-c2ncc(N3CCCC3)cn2)c1. The van der Waals surface area contributed by atoms with E-state index in [9.17, 15) is 9.18 Å². The number of nitrogens with zero attached hydrogens (tertiary/aromatic N) is 5. The molecule has 28 heavy (non-hydrogen) atoms. The fraction of sp³-hybridized carbons (Fsp3) is 0.263. The van der Waals surface area contributed by atoms with Crippen molar-refractivity contribution in [2.75, 3.05) is 23.3 Å². The summed E-state index contributed by atoms with van der Waals surface area (Å²) < 4.78 is 15.3. The topological polar surface area (TPSA) is 75.9 Å². The Kier molecular flexibility index (Phi) is 5.21. The average molecular weight is 401 g/mol. The molecule has 1 aliphatic heterocycles. The number of amides is 1. The average Bonchev–Trinajstić information content (AvgIpc) is 3.37. The van der Waals surface area contributed by atoms with E-state index < -0.39 is 11.7 Å². The lowest BCUT2D eigenvalue weighted by Crippen LogP contribution is -2.18. The molecule has 1 N–H and O–H groups in total. The minimum absolute atomic E-state index is 0.162. The van der Waals surface area contributed by atoms with E-state index in [4.69, 9.17) is 11.6 Å². The Morgan fingerprint density at radius 2 is 1.93 bits per heavy atom. The van der Waals surface area contributed by atoms with Crippen LogP contribution in [0, 0.1) is 5.82 Å². The van der Waals surface area contributed by atoms with Crippen LogP contribution in [0.2, 0.25) is 5.02 Å². The largest absolute Gasteiger partial charge is 0.369 e. The number of benzene rings is 1. The van der Waals surface area contributed by atoms with Crippen molar-refractivity contribution < 1.29 is 9.18 Å². The molecule has 1 saturated heterocycles. The van der Waals surface area contributed by atoms with Crippen molar-refractivity contribution in [3.05, 3.63) is 59.4 Å². The highest BCUT2D eigenvalue weighted by Crippen LogP contribution is 2.21. The molecule has 1 amide bonds. The molecule has 0 aliphatic carbocycles. The maximum Gasteiger partial charge on any atom is 0.250 e. The van der Waals surface area contributed by atoms with Crippen molar-refractivity contribution in [2.45, 2.75) is 19.3 Å². The fourth-order valence-electron chi connectivity index (χ4n) is 3.14. The van der Waals surface area contributed by atoms with Gasteiger partial charge >= 0.3 is 0 Å². The molecule has 0 unspecified atom stereocenters. The van der Waals surface area contributed by atoms with E-state index in [0.29, 0.717) is 11.6 Å². The quantitative estimate of drug-likeness (QED) is 0.711. The van der Waals surface area contributed by atoms with E-state index in [0.717, 1.165) is 18.8 Å². The lowest BCUT2D eigenvalue weighted by atomic mass is 10.1. The standard InChI is InChI=1S/C19H18ClFN6O/c20-16-4-3-5-17(21)15(16)8-18(28)25-13-9-24-27(12-13)19-22-10-14(11-23-19)26-6-1-2-7-26/h3-5,9-12H,1-2,6-8H2,(H,25,28). The van der Waals surface area contributed by atoms with E-state index in [1.807, 2.05) is 0 Å². The molecule has 1 aliphatic rings. The third-order valence-corrected chi connectivity index (χ3v) is 4.92. The molecule has 144 valence electrons. The monoisotopic (exact) mass is 400 g/mol. The van der Waals surface area contributed by atoms with Gasteiger partial charge in [-0.2, -0.15) is 5.10 Å². The van der Waals surface area contributed by atoms with Gasteiger partial charge in [0.25, 0.3) is 5.95 Å². The van der Waals surface area contributed by atoms with Gasteiger partial charge in [0, 0.05) is 23.7 Å². The van der Waals surface area contributed by atoms with Crippen molar-refractivity contribution in [1.82, 2.24) is 19.7 Å². The Bertz CT molecular complexity index is 964. The van der Waals surface area contributed by atoms with E-state index in [-0.39, 0.29) is 17.0 Å². The summed E-state index contributed by atoms with van der Waals surface area (Å²) >= 11 is 5.96. The van der Waals surface area contributed by atoms with Gasteiger partial charge in [0.15, 0.2) is 0 Å². The minimum Gasteiger partial charge on any atom is -0.369 e. The fourth-order valence-corrected chi connectivity index (χ4v) is 3.36. The molecule has 0 atom stereocenters. The first-order chi connectivity index (χ1) is 13.6. The second-order valence-electron chi connectivity index (χ2n) is 6.53. The summed E-state index contributed by atoms with van der Waals surface area (Å²) in [4.78, 5) is 23.1. The number of halogens is 2. The van der Waals surface area contributed by atoms with Crippen molar-refractivity contribution in [2.24, 2.45) is 0 Å². The minimum atomic E-state index is -0.509. The zero-order chi connectivity index (χ0) is 19.5.